The SMILES string of the molecule is CN=C(NCC1(C(=O)N(C)C)CCCC1)N1CCN(c2cc(F)ccc2F)CC1. The molecule has 1 aliphatic carbocycles. The van der Waals surface area contributed by atoms with Crippen LogP contribution >= 0.6 is 0 Å². The van der Waals surface area contributed by atoms with Gasteiger partial charge in [-0.15, -0.1) is 0 Å². The summed E-state index contributed by atoms with van der Waals surface area (Å²) in [6, 6.07) is 3.55. The van der Waals surface area contributed by atoms with Crippen molar-refractivity contribution >= 4 is 17.6 Å². The minimum Gasteiger partial charge on any atom is -0.366 e. The molecule has 2 fully saturated rings. The van der Waals surface area contributed by atoms with Gasteiger partial charge in [0.25, 0.3) is 0 Å². The van der Waals surface area contributed by atoms with Crippen molar-refractivity contribution in [2.45, 2.75) is 25.7 Å². The molecule has 1 aromatic carbocycles. The maximum absolute atomic E-state index is 14.1. The van der Waals surface area contributed by atoms with E-state index in [0.29, 0.717) is 38.4 Å². The Bertz CT molecular complexity index is 753. The molecule has 0 aromatic heterocycles. The zero-order chi connectivity index (χ0) is 21.0. The van der Waals surface area contributed by atoms with Gasteiger partial charge in [-0.05, 0) is 25.0 Å². The van der Waals surface area contributed by atoms with Gasteiger partial charge >= 0.3 is 0 Å². The van der Waals surface area contributed by atoms with E-state index >= 15 is 0 Å². The summed E-state index contributed by atoms with van der Waals surface area (Å²) in [5.41, 5.74) is -0.0690. The number of nitrogens with one attached hydrogen (secondary N) is 1. The fourth-order valence-electron chi connectivity index (χ4n) is 4.46. The molecule has 1 saturated heterocycles. The molecule has 8 heteroatoms. The Morgan fingerprint density at radius 1 is 1.17 bits per heavy atom. The number of rotatable bonds is 4. The zero-order valence-electron chi connectivity index (χ0n) is 17.5. The van der Waals surface area contributed by atoms with Crippen molar-refractivity contribution in [3.05, 3.63) is 29.8 Å². The standard InChI is InChI=1S/C21H31F2N5O/c1-24-20(25-15-21(8-4-5-9-21)19(29)26(2)3)28-12-10-27(11-13-28)18-14-16(22)6-7-17(18)23/h6-7,14H,4-5,8-13,15H2,1-3H3,(H,24,25). The van der Waals surface area contributed by atoms with Crippen LogP contribution in [0.3, 0.4) is 0 Å². The average Bonchev–Trinajstić information content (AvgIpc) is 3.20. The summed E-state index contributed by atoms with van der Waals surface area (Å²) in [6.07, 6.45) is 3.91. The van der Waals surface area contributed by atoms with E-state index in [1.807, 2.05) is 19.0 Å². The molecule has 1 aromatic rings. The third-order valence-electron chi connectivity index (χ3n) is 6.05. The van der Waals surface area contributed by atoms with Crippen LogP contribution in [0.2, 0.25) is 0 Å². The van der Waals surface area contributed by atoms with Crippen LogP contribution in [-0.2, 0) is 4.79 Å². The number of halogens is 2. The predicted molar refractivity (Wildman–Crippen MR) is 111 cm³/mol. The Balaban J connectivity index is 1.60. The molecule has 29 heavy (non-hydrogen) atoms. The van der Waals surface area contributed by atoms with E-state index in [1.54, 1.807) is 11.9 Å². The predicted octanol–water partition coefficient (Wildman–Crippen LogP) is 2.31. The second-order valence-electron chi connectivity index (χ2n) is 8.16. The molecule has 0 unspecified atom stereocenters. The number of benzene rings is 1. The fourth-order valence-corrected chi connectivity index (χ4v) is 4.46. The van der Waals surface area contributed by atoms with Crippen LogP contribution in [0, 0.1) is 17.0 Å². The molecule has 1 heterocycles. The Hall–Kier alpha value is -2.38. The third kappa shape index (κ3) is 4.62. The van der Waals surface area contributed by atoms with Gasteiger partial charge in [0.05, 0.1) is 11.1 Å². The largest absolute Gasteiger partial charge is 0.366 e. The van der Waals surface area contributed by atoms with Gasteiger partial charge in [0.2, 0.25) is 5.91 Å². The van der Waals surface area contributed by atoms with Gasteiger partial charge in [-0.25, -0.2) is 8.78 Å². The summed E-state index contributed by atoms with van der Waals surface area (Å²) in [6.45, 7) is 3.00. The Morgan fingerprint density at radius 3 is 2.41 bits per heavy atom. The minimum absolute atomic E-state index is 0.171. The van der Waals surface area contributed by atoms with E-state index in [1.165, 1.54) is 12.1 Å². The molecule has 160 valence electrons. The fraction of sp³-hybridized carbons (Fsp3) is 0.619. The van der Waals surface area contributed by atoms with Gasteiger partial charge in [0.15, 0.2) is 5.96 Å². The molecule has 6 nitrogen and oxygen atoms in total. The summed E-state index contributed by atoms with van der Waals surface area (Å²) >= 11 is 0. The number of amides is 1. The second kappa shape index (κ2) is 8.97. The molecule has 1 N–H and O–H groups in total. The van der Waals surface area contributed by atoms with Crippen LogP contribution in [0.5, 0.6) is 0 Å². The van der Waals surface area contributed by atoms with Gasteiger partial charge in [-0.1, -0.05) is 12.8 Å². The van der Waals surface area contributed by atoms with E-state index < -0.39 is 11.6 Å². The number of hydrogen-bond donors (Lipinski definition) is 1. The Labute approximate surface area is 171 Å². The highest BCUT2D eigenvalue weighted by molar-refractivity contribution is 5.85. The Kier molecular flexibility index (Phi) is 6.59. The highest BCUT2D eigenvalue weighted by Gasteiger charge is 2.42. The number of piperazine rings is 1. The number of anilines is 1. The lowest BCUT2D eigenvalue weighted by Crippen LogP contribution is -2.55. The van der Waals surface area contributed by atoms with Crippen LogP contribution in [0.25, 0.3) is 0 Å². The number of aliphatic imine (C=N–C) groups is 1. The molecule has 3 rings (SSSR count). The van der Waals surface area contributed by atoms with Gasteiger partial charge in [0, 0.05) is 59.9 Å². The molecule has 2 aliphatic rings. The van der Waals surface area contributed by atoms with Gasteiger partial charge in [-0.2, -0.15) is 0 Å². The normalized spacial score (nSPS) is 19.4. The van der Waals surface area contributed by atoms with Gasteiger partial charge < -0.3 is 20.0 Å². The van der Waals surface area contributed by atoms with Crippen molar-refractivity contribution in [1.82, 2.24) is 15.1 Å². The molecule has 0 spiro atoms. The first kappa shape index (κ1) is 21.3. The first-order chi connectivity index (χ1) is 13.9. The van der Waals surface area contributed by atoms with E-state index in [0.717, 1.165) is 37.7 Å². The van der Waals surface area contributed by atoms with Gasteiger partial charge in [-0.3, -0.25) is 9.79 Å². The van der Waals surface area contributed by atoms with Crippen LogP contribution in [0.15, 0.2) is 23.2 Å². The lowest BCUT2D eigenvalue weighted by atomic mass is 9.84. The summed E-state index contributed by atoms with van der Waals surface area (Å²) in [7, 11) is 5.35. The molecule has 0 bridgehead atoms. The third-order valence-corrected chi connectivity index (χ3v) is 6.05. The smallest absolute Gasteiger partial charge is 0.230 e. The van der Waals surface area contributed by atoms with Crippen molar-refractivity contribution in [3.8, 4) is 0 Å². The molecular weight excluding hydrogens is 376 g/mol. The minimum atomic E-state index is -0.436. The average molecular weight is 408 g/mol. The van der Waals surface area contributed by atoms with Crippen LogP contribution < -0.4 is 10.2 Å². The maximum Gasteiger partial charge on any atom is 0.230 e. The zero-order valence-corrected chi connectivity index (χ0v) is 17.5. The van der Waals surface area contributed by atoms with E-state index in [4.69, 9.17) is 0 Å². The first-order valence-corrected chi connectivity index (χ1v) is 10.2. The van der Waals surface area contributed by atoms with Crippen LogP contribution in [-0.4, -0.2) is 75.5 Å². The lowest BCUT2D eigenvalue weighted by Gasteiger charge is -2.39. The molecule has 0 atom stereocenters. The number of hydrogen-bond acceptors (Lipinski definition) is 3. The molecule has 1 aliphatic heterocycles. The first-order valence-electron chi connectivity index (χ1n) is 10.2. The van der Waals surface area contributed by atoms with E-state index in [9.17, 15) is 13.6 Å². The number of guanidine groups is 1. The van der Waals surface area contributed by atoms with Crippen LogP contribution in [0.4, 0.5) is 14.5 Å². The van der Waals surface area contributed by atoms with Crippen molar-refractivity contribution < 1.29 is 13.6 Å². The highest BCUT2D eigenvalue weighted by Crippen LogP contribution is 2.39. The van der Waals surface area contributed by atoms with Crippen molar-refractivity contribution in [3.63, 3.8) is 0 Å². The topological polar surface area (TPSA) is 51.2 Å². The van der Waals surface area contributed by atoms with Crippen LogP contribution in [0.1, 0.15) is 25.7 Å². The maximum atomic E-state index is 14.1. The van der Waals surface area contributed by atoms with Crippen molar-refractivity contribution in [2.75, 3.05) is 58.8 Å². The van der Waals surface area contributed by atoms with E-state index in [2.05, 4.69) is 15.2 Å². The number of carbonyl (C=O) groups is 1. The summed E-state index contributed by atoms with van der Waals surface area (Å²) in [5, 5.41) is 3.41. The van der Waals surface area contributed by atoms with E-state index in [-0.39, 0.29) is 11.3 Å². The summed E-state index contributed by atoms with van der Waals surface area (Å²) in [5.74, 6) is 0.0769. The Morgan fingerprint density at radius 2 is 1.83 bits per heavy atom. The molecule has 0 radical (unpaired) electrons. The summed E-state index contributed by atoms with van der Waals surface area (Å²) in [4.78, 5) is 22.8. The quantitative estimate of drug-likeness (QED) is 0.615. The molecule has 1 saturated carbocycles. The number of nitrogens with zero attached hydrogens (tertiary/aromatic N) is 4. The molecular formula is C21H31F2N5O. The molecule has 1 amide bonds. The summed E-state index contributed by atoms with van der Waals surface area (Å²) < 4.78 is 27.6. The second-order valence-corrected chi connectivity index (χ2v) is 8.16. The number of carbonyl (C=O) groups excluding carboxylic acids is 1. The highest BCUT2D eigenvalue weighted by atomic mass is 19.1. The lowest BCUT2D eigenvalue weighted by molar-refractivity contribution is -0.138. The van der Waals surface area contributed by atoms with Crippen molar-refractivity contribution in [2.24, 2.45) is 10.4 Å². The monoisotopic (exact) mass is 407 g/mol. The van der Waals surface area contributed by atoms with Gasteiger partial charge in [0.1, 0.15) is 11.6 Å². The van der Waals surface area contributed by atoms with Crippen molar-refractivity contribution in [1.29, 1.82) is 0 Å².